The van der Waals surface area contributed by atoms with Crippen molar-refractivity contribution in [2.45, 2.75) is 13.0 Å². The summed E-state index contributed by atoms with van der Waals surface area (Å²) in [7, 11) is 1.60. The molecule has 25 heavy (non-hydrogen) atoms. The summed E-state index contributed by atoms with van der Waals surface area (Å²) in [5, 5.41) is 3.49. The van der Waals surface area contributed by atoms with Crippen LogP contribution in [0.5, 0.6) is 5.75 Å². The van der Waals surface area contributed by atoms with Crippen LogP contribution < -0.4 is 10.1 Å². The number of amides is 1. The lowest BCUT2D eigenvalue weighted by molar-refractivity contribution is 0.0707. The number of aryl methyl sites for hydroxylation is 1. The van der Waals surface area contributed by atoms with E-state index in [4.69, 9.17) is 4.74 Å². The van der Waals surface area contributed by atoms with E-state index in [-0.39, 0.29) is 11.9 Å². The molecule has 0 saturated carbocycles. The fraction of sp³-hybridized carbons (Fsp3) is 0.400. The van der Waals surface area contributed by atoms with Crippen molar-refractivity contribution in [3.05, 3.63) is 59.4 Å². The summed E-state index contributed by atoms with van der Waals surface area (Å²) in [6, 6.07) is 12.0. The Kier molecular flexibility index (Phi) is 4.17. The Morgan fingerprint density at radius 3 is 2.92 bits per heavy atom. The van der Waals surface area contributed by atoms with Gasteiger partial charge < -0.3 is 15.0 Å². The number of carbonyl (C=O) groups is 1. The number of hydrogen-bond donors (Lipinski definition) is 1. The zero-order valence-electron chi connectivity index (χ0n) is 14.6. The summed E-state index contributed by atoms with van der Waals surface area (Å²) >= 11 is 0. The number of nitrogens with one attached hydrogen (secondary N) is 1. The number of nitrogens with zero attached hydrogens (tertiary/aromatic N) is 2. The Hall–Kier alpha value is -2.40. The summed E-state index contributed by atoms with van der Waals surface area (Å²) < 4.78 is 5.25. The molecular weight excluding hydrogens is 314 g/mol. The van der Waals surface area contributed by atoms with E-state index in [9.17, 15) is 4.79 Å². The van der Waals surface area contributed by atoms with E-state index < -0.39 is 0 Å². The minimum absolute atomic E-state index is 0.0125. The van der Waals surface area contributed by atoms with Gasteiger partial charge in [-0.1, -0.05) is 24.3 Å². The van der Waals surface area contributed by atoms with Crippen molar-refractivity contribution in [3.63, 3.8) is 0 Å². The molecule has 2 aromatic rings. The first-order valence-corrected chi connectivity index (χ1v) is 8.76. The molecule has 3 atom stereocenters. The number of hydrogen-bond acceptors (Lipinski definition) is 4. The van der Waals surface area contributed by atoms with Gasteiger partial charge in [-0.2, -0.15) is 0 Å². The van der Waals surface area contributed by atoms with Gasteiger partial charge in [0.05, 0.1) is 13.2 Å². The molecule has 1 amide bonds. The van der Waals surface area contributed by atoms with Crippen molar-refractivity contribution in [2.75, 3.05) is 26.7 Å². The highest BCUT2D eigenvalue weighted by atomic mass is 16.5. The van der Waals surface area contributed by atoms with E-state index in [0.717, 1.165) is 19.6 Å². The highest BCUT2D eigenvalue weighted by molar-refractivity contribution is 5.93. The fourth-order valence-electron chi connectivity index (χ4n) is 4.25. The third kappa shape index (κ3) is 2.78. The first kappa shape index (κ1) is 16.1. The molecule has 5 heteroatoms. The smallest absolute Gasteiger partial charge is 0.273 e. The van der Waals surface area contributed by atoms with Gasteiger partial charge in [-0.15, -0.1) is 0 Å². The number of carbonyl (C=O) groups excluding carboxylic acids is 1. The van der Waals surface area contributed by atoms with Crippen LogP contribution in [0.4, 0.5) is 0 Å². The van der Waals surface area contributed by atoms with E-state index in [1.165, 1.54) is 11.1 Å². The van der Waals surface area contributed by atoms with Crippen molar-refractivity contribution in [1.82, 2.24) is 15.2 Å². The van der Waals surface area contributed by atoms with Crippen molar-refractivity contribution < 1.29 is 9.53 Å². The second-order valence-electron chi connectivity index (χ2n) is 6.92. The molecule has 3 heterocycles. The first-order valence-electron chi connectivity index (χ1n) is 8.76. The molecular formula is C20H23N3O2. The molecule has 5 nitrogen and oxygen atoms in total. The van der Waals surface area contributed by atoms with Gasteiger partial charge in [0.1, 0.15) is 11.4 Å². The molecule has 1 N–H and O–H groups in total. The van der Waals surface area contributed by atoms with Gasteiger partial charge in [-0.3, -0.25) is 9.78 Å². The maximum Gasteiger partial charge on any atom is 0.273 e. The third-order valence-electron chi connectivity index (χ3n) is 5.52. The molecule has 2 aliphatic rings. The Labute approximate surface area is 148 Å². The number of likely N-dealkylation sites (tertiary alicyclic amines) is 1. The lowest BCUT2D eigenvalue weighted by Gasteiger charge is -2.29. The van der Waals surface area contributed by atoms with E-state index in [0.29, 0.717) is 23.3 Å². The lowest BCUT2D eigenvalue weighted by Crippen LogP contribution is -2.35. The molecule has 0 aliphatic carbocycles. The summed E-state index contributed by atoms with van der Waals surface area (Å²) in [4.78, 5) is 19.5. The van der Waals surface area contributed by atoms with Gasteiger partial charge in [0.2, 0.25) is 0 Å². The molecule has 130 valence electrons. The van der Waals surface area contributed by atoms with Crippen LogP contribution in [-0.2, 0) is 0 Å². The minimum atomic E-state index is -0.0125. The summed E-state index contributed by atoms with van der Waals surface area (Å²) in [5.41, 5.74) is 2.93. The van der Waals surface area contributed by atoms with Crippen LogP contribution in [0.2, 0.25) is 0 Å². The third-order valence-corrected chi connectivity index (χ3v) is 5.52. The van der Waals surface area contributed by atoms with E-state index >= 15 is 0 Å². The van der Waals surface area contributed by atoms with Crippen molar-refractivity contribution in [2.24, 2.45) is 11.8 Å². The van der Waals surface area contributed by atoms with E-state index in [1.54, 1.807) is 25.4 Å². The first-order chi connectivity index (χ1) is 12.2. The highest BCUT2D eigenvalue weighted by Crippen LogP contribution is 2.44. The maximum absolute atomic E-state index is 13.2. The summed E-state index contributed by atoms with van der Waals surface area (Å²) in [6.07, 6.45) is 1.63. The van der Waals surface area contributed by atoms with Crippen LogP contribution in [0.1, 0.15) is 27.7 Å². The Morgan fingerprint density at radius 2 is 2.12 bits per heavy atom. The van der Waals surface area contributed by atoms with Gasteiger partial charge in [0.25, 0.3) is 5.91 Å². The van der Waals surface area contributed by atoms with Crippen LogP contribution >= 0.6 is 0 Å². The highest BCUT2D eigenvalue weighted by Gasteiger charge is 2.47. The van der Waals surface area contributed by atoms with Crippen molar-refractivity contribution in [3.8, 4) is 5.75 Å². The monoisotopic (exact) mass is 337 g/mol. The van der Waals surface area contributed by atoms with Crippen LogP contribution in [0.25, 0.3) is 0 Å². The van der Waals surface area contributed by atoms with Gasteiger partial charge in [-0.25, -0.2) is 0 Å². The quantitative estimate of drug-likeness (QED) is 0.935. The average molecular weight is 337 g/mol. The van der Waals surface area contributed by atoms with E-state index in [2.05, 4.69) is 35.4 Å². The largest absolute Gasteiger partial charge is 0.497 e. The van der Waals surface area contributed by atoms with Gasteiger partial charge in [0.15, 0.2) is 0 Å². The van der Waals surface area contributed by atoms with Gasteiger partial charge in [-0.05, 0) is 30.0 Å². The number of fused-ring (bicyclic) bond motifs is 1. The molecule has 0 unspecified atom stereocenters. The van der Waals surface area contributed by atoms with Crippen LogP contribution in [-0.4, -0.2) is 42.5 Å². The standard InChI is InChI=1S/C20H23N3O2/c1-13-5-3-4-6-16(13)19-17-11-21-10-14(17)12-23(19)20(24)18-9-15(25-2)7-8-22-18/h3-9,14,17,19,21H,10-12H2,1-2H3/t14-,17-,19+/m0/s1. The molecule has 2 aliphatic heterocycles. The van der Waals surface area contributed by atoms with Gasteiger partial charge >= 0.3 is 0 Å². The van der Waals surface area contributed by atoms with Crippen LogP contribution in [0.15, 0.2) is 42.6 Å². The van der Waals surface area contributed by atoms with Crippen molar-refractivity contribution >= 4 is 5.91 Å². The molecule has 0 bridgehead atoms. The molecule has 1 aromatic heterocycles. The Bertz CT molecular complexity index is 792. The normalized spacial score (nSPS) is 25.0. The maximum atomic E-state index is 13.2. The zero-order valence-corrected chi connectivity index (χ0v) is 14.6. The van der Waals surface area contributed by atoms with Crippen LogP contribution in [0.3, 0.4) is 0 Å². The zero-order chi connectivity index (χ0) is 17.4. The molecule has 2 fully saturated rings. The second-order valence-corrected chi connectivity index (χ2v) is 6.92. The number of rotatable bonds is 3. The molecule has 0 spiro atoms. The Balaban J connectivity index is 1.71. The average Bonchev–Trinajstić information content (AvgIpc) is 3.23. The lowest BCUT2D eigenvalue weighted by atomic mass is 9.87. The minimum Gasteiger partial charge on any atom is -0.497 e. The molecule has 2 saturated heterocycles. The number of ether oxygens (including phenoxy) is 1. The topological polar surface area (TPSA) is 54.5 Å². The summed E-state index contributed by atoms with van der Waals surface area (Å²) in [5.74, 6) is 1.60. The number of aromatic nitrogens is 1. The molecule has 1 aromatic carbocycles. The number of methoxy groups -OCH3 is 1. The van der Waals surface area contributed by atoms with E-state index in [1.807, 2.05) is 11.0 Å². The SMILES string of the molecule is COc1ccnc(C(=O)N2C[C@@H]3CNC[C@@H]3[C@H]2c2ccccc2C)c1. The second kappa shape index (κ2) is 6.48. The number of benzene rings is 1. The molecule has 0 radical (unpaired) electrons. The molecule has 4 rings (SSSR count). The number of pyridine rings is 1. The van der Waals surface area contributed by atoms with Crippen LogP contribution in [0, 0.1) is 18.8 Å². The predicted molar refractivity (Wildman–Crippen MR) is 95.6 cm³/mol. The van der Waals surface area contributed by atoms with Crippen molar-refractivity contribution in [1.29, 1.82) is 0 Å². The summed E-state index contributed by atoms with van der Waals surface area (Å²) in [6.45, 7) is 4.83. The fourth-order valence-corrected chi connectivity index (χ4v) is 4.25. The predicted octanol–water partition coefficient (Wildman–Crippen LogP) is 2.43. The Morgan fingerprint density at radius 1 is 1.28 bits per heavy atom. The van der Waals surface area contributed by atoms with Gasteiger partial charge in [0, 0.05) is 37.8 Å².